The molecule has 1 aliphatic heterocycles. The van der Waals surface area contributed by atoms with E-state index in [4.69, 9.17) is 27.3 Å². The maximum atomic E-state index is 10.2. The minimum absolute atomic E-state index is 0.0706. The average molecular weight is 475 g/mol. The summed E-state index contributed by atoms with van der Waals surface area (Å²) in [6.07, 6.45) is 8.42. The van der Waals surface area contributed by atoms with E-state index in [2.05, 4.69) is 34.1 Å². The number of aromatic nitrogens is 4. The summed E-state index contributed by atoms with van der Waals surface area (Å²) in [5, 5.41) is 10.7. The van der Waals surface area contributed by atoms with Crippen molar-refractivity contribution >= 4 is 22.9 Å². The lowest BCUT2D eigenvalue weighted by Gasteiger charge is -2.42. The Balaban J connectivity index is 1.36. The number of aliphatic hydroxyl groups excluding tert-OH is 1. The molecule has 0 amide bonds. The van der Waals surface area contributed by atoms with Crippen LogP contribution in [0.4, 0.5) is 5.82 Å². The maximum Gasteiger partial charge on any atom is 0.154 e. The number of fused-ring (bicyclic) bond motifs is 2. The van der Waals surface area contributed by atoms with Gasteiger partial charge >= 0.3 is 0 Å². The molecule has 1 aliphatic carbocycles. The van der Waals surface area contributed by atoms with Gasteiger partial charge in [-0.25, -0.2) is 9.97 Å². The molecule has 34 heavy (non-hydrogen) atoms. The molecule has 1 atom stereocenters. The minimum Gasteiger partial charge on any atom is -0.390 e. The van der Waals surface area contributed by atoms with Crippen molar-refractivity contribution in [2.75, 3.05) is 18.0 Å². The lowest BCUT2D eigenvalue weighted by atomic mass is 9.73. The molecule has 8 heteroatoms. The van der Waals surface area contributed by atoms with Gasteiger partial charge in [0.05, 0.1) is 23.0 Å². The molecule has 0 unspecified atom stereocenters. The second kappa shape index (κ2) is 8.05. The van der Waals surface area contributed by atoms with Crippen LogP contribution >= 0.6 is 11.6 Å². The number of benzene rings is 1. The minimum atomic E-state index is -0.179. The van der Waals surface area contributed by atoms with E-state index in [1.165, 1.54) is 11.1 Å². The van der Waals surface area contributed by atoms with Crippen molar-refractivity contribution in [2.45, 2.75) is 38.8 Å². The van der Waals surface area contributed by atoms with Gasteiger partial charge < -0.3 is 15.7 Å². The van der Waals surface area contributed by atoms with E-state index in [1.54, 1.807) is 12.4 Å². The van der Waals surface area contributed by atoms with Crippen LogP contribution in [0.1, 0.15) is 41.4 Å². The van der Waals surface area contributed by atoms with Crippen LogP contribution in [0.25, 0.3) is 16.9 Å². The molecule has 1 saturated heterocycles. The molecule has 1 aromatic carbocycles. The molecule has 1 fully saturated rings. The van der Waals surface area contributed by atoms with E-state index in [9.17, 15) is 5.11 Å². The molecule has 6 rings (SSSR count). The van der Waals surface area contributed by atoms with Gasteiger partial charge in [-0.1, -0.05) is 35.9 Å². The fraction of sp³-hybridized carbons (Fsp3) is 0.346. The molecule has 4 aromatic rings. The Bertz CT molecular complexity index is 1390. The highest BCUT2D eigenvalue weighted by molar-refractivity contribution is 6.33. The first-order valence-corrected chi connectivity index (χ1v) is 12.1. The predicted octanol–water partition coefficient (Wildman–Crippen LogP) is 4.09. The third kappa shape index (κ3) is 3.15. The number of piperidine rings is 1. The first kappa shape index (κ1) is 21.5. The Hall–Kier alpha value is -3.00. The van der Waals surface area contributed by atoms with Crippen LogP contribution in [-0.4, -0.2) is 37.5 Å². The number of rotatable bonds is 3. The van der Waals surface area contributed by atoms with Crippen LogP contribution in [0.15, 0.2) is 48.9 Å². The molecular formula is C26H27ClN6O. The smallest absolute Gasteiger partial charge is 0.154 e. The van der Waals surface area contributed by atoms with Crippen molar-refractivity contribution in [1.82, 2.24) is 19.4 Å². The summed E-state index contributed by atoms with van der Waals surface area (Å²) in [4.78, 5) is 16.1. The topological polar surface area (TPSA) is 92.6 Å². The van der Waals surface area contributed by atoms with Crippen LogP contribution in [0.3, 0.4) is 0 Å². The van der Waals surface area contributed by atoms with Crippen LogP contribution in [0.2, 0.25) is 5.02 Å². The number of aryl methyl sites for hydroxylation is 1. The fourth-order valence-electron chi connectivity index (χ4n) is 5.82. The van der Waals surface area contributed by atoms with Crippen LogP contribution in [-0.2, 0) is 13.0 Å². The zero-order valence-corrected chi connectivity index (χ0v) is 19.8. The third-order valence-corrected chi connectivity index (χ3v) is 8.19. The van der Waals surface area contributed by atoms with Crippen molar-refractivity contribution < 1.29 is 5.11 Å². The highest BCUT2D eigenvalue weighted by atomic mass is 35.5. The summed E-state index contributed by atoms with van der Waals surface area (Å²) in [5.41, 5.74) is 12.5. The number of hydrogen-bond donors (Lipinski definition) is 2. The standard InChI is InChI=1S/C26H27ClN6O/c1-16-21(27)19(6-9-29-16)24-31-20(15-34)22-25(30-10-13-33(22)24)32-11-7-26(8-12-32)14-17-4-2-3-5-18(17)23(26)28/h2-6,9-10,13,23,34H,7-8,11-12,14-15,28H2,1H3/t23-/m1/s1. The van der Waals surface area contributed by atoms with Crippen molar-refractivity contribution in [1.29, 1.82) is 0 Å². The van der Waals surface area contributed by atoms with E-state index < -0.39 is 0 Å². The number of halogens is 1. The molecule has 1 spiro atoms. The highest BCUT2D eigenvalue weighted by Gasteiger charge is 2.46. The molecular weight excluding hydrogens is 448 g/mol. The van der Waals surface area contributed by atoms with E-state index in [0.29, 0.717) is 16.5 Å². The van der Waals surface area contributed by atoms with E-state index >= 15 is 0 Å². The van der Waals surface area contributed by atoms with Gasteiger partial charge in [-0.2, -0.15) is 0 Å². The van der Waals surface area contributed by atoms with Crippen molar-refractivity contribution in [3.05, 3.63) is 76.5 Å². The summed E-state index contributed by atoms with van der Waals surface area (Å²) in [7, 11) is 0. The number of pyridine rings is 1. The Morgan fingerprint density at radius 1 is 1.15 bits per heavy atom. The normalized spacial score (nSPS) is 19.2. The molecule has 7 nitrogen and oxygen atoms in total. The quantitative estimate of drug-likeness (QED) is 0.464. The molecule has 0 radical (unpaired) electrons. The summed E-state index contributed by atoms with van der Waals surface area (Å²) in [6, 6.07) is 10.5. The monoisotopic (exact) mass is 474 g/mol. The Kier molecular flexibility index (Phi) is 5.09. The summed E-state index contributed by atoms with van der Waals surface area (Å²) < 4.78 is 1.98. The SMILES string of the molecule is Cc1nccc(-c2nc(CO)c3c(N4CCC5(CC4)Cc4ccccc4[C@H]5N)nccn23)c1Cl. The van der Waals surface area contributed by atoms with Crippen LogP contribution < -0.4 is 10.6 Å². The molecule has 0 bridgehead atoms. The van der Waals surface area contributed by atoms with Crippen molar-refractivity contribution in [3.63, 3.8) is 0 Å². The highest BCUT2D eigenvalue weighted by Crippen LogP contribution is 2.51. The lowest BCUT2D eigenvalue weighted by molar-refractivity contribution is 0.187. The number of hydrogen-bond acceptors (Lipinski definition) is 6. The Morgan fingerprint density at radius 2 is 1.94 bits per heavy atom. The molecule has 3 N–H and O–H groups in total. The first-order valence-electron chi connectivity index (χ1n) is 11.7. The second-order valence-corrected chi connectivity index (χ2v) is 9.85. The largest absolute Gasteiger partial charge is 0.390 e. The number of imidazole rings is 1. The number of nitrogens with two attached hydrogens (primary N) is 1. The molecule has 174 valence electrons. The Labute approximate surface area is 203 Å². The first-order chi connectivity index (χ1) is 16.5. The second-order valence-electron chi connectivity index (χ2n) is 9.47. The van der Waals surface area contributed by atoms with Crippen molar-refractivity contribution in [3.8, 4) is 11.4 Å². The zero-order chi connectivity index (χ0) is 23.4. The lowest BCUT2D eigenvalue weighted by Crippen LogP contribution is -2.44. The number of nitrogens with zero attached hydrogens (tertiary/aromatic N) is 5. The Morgan fingerprint density at radius 3 is 2.71 bits per heavy atom. The van der Waals surface area contributed by atoms with Gasteiger partial charge in [0.15, 0.2) is 5.82 Å². The predicted molar refractivity (Wildman–Crippen MR) is 133 cm³/mol. The molecule has 0 saturated carbocycles. The van der Waals surface area contributed by atoms with Crippen LogP contribution in [0, 0.1) is 12.3 Å². The van der Waals surface area contributed by atoms with Gasteiger partial charge in [0.2, 0.25) is 0 Å². The average Bonchev–Trinajstić information content (AvgIpc) is 3.37. The molecule has 3 aromatic heterocycles. The zero-order valence-electron chi connectivity index (χ0n) is 19.1. The van der Waals surface area contributed by atoms with Gasteiger partial charge in [0.1, 0.15) is 11.3 Å². The van der Waals surface area contributed by atoms with E-state index in [-0.39, 0.29) is 18.1 Å². The summed E-state index contributed by atoms with van der Waals surface area (Å²) in [5.74, 6) is 1.52. The maximum absolute atomic E-state index is 10.2. The summed E-state index contributed by atoms with van der Waals surface area (Å²) in [6.45, 7) is 3.41. The van der Waals surface area contributed by atoms with Gasteiger partial charge in [-0.3, -0.25) is 9.38 Å². The van der Waals surface area contributed by atoms with Crippen LogP contribution in [0.5, 0.6) is 0 Å². The summed E-state index contributed by atoms with van der Waals surface area (Å²) >= 11 is 6.57. The number of anilines is 1. The molecule has 4 heterocycles. The fourth-order valence-corrected chi connectivity index (χ4v) is 6.01. The third-order valence-electron chi connectivity index (χ3n) is 7.71. The van der Waals surface area contributed by atoms with Gasteiger partial charge in [0.25, 0.3) is 0 Å². The van der Waals surface area contributed by atoms with Crippen molar-refractivity contribution in [2.24, 2.45) is 11.1 Å². The van der Waals surface area contributed by atoms with E-state index in [0.717, 1.165) is 54.9 Å². The van der Waals surface area contributed by atoms with E-state index in [1.807, 2.05) is 23.6 Å². The van der Waals surface area contributed by atoms with Gasteiger partial charge in [-0.15, -0.1) is 0 Å². The van der Waals surface area contributed by atoms with Gasteiger partial charge in [0, 0.05) is 43.3 Å². The number of aliphatic hydroxyl groups is 1. The molecule has 2 aliphatic rings. The van der Waals surface area contributed by atoms with Gasteiger partial charge in [-0.05, 0) is 48.8 Å².